The van der Waals surface area contributed by atoms with Gasteiger partial charge in [0, 0.05) is 6.04 Å². The Morgan fingerprint density at radius 2 is 1.81 bits per heavy atom. The lowest BCUT2D eigenvalue weighted by Crippen LogP contribution is -2.42. The van der Waals surface area contributed by atoms with E-state index in [0.717, 1.165) is 24.8 Å². The topological polar surface area (TPSA) is 89.5 Å². The van der Waals surface area contributed by atoms with Crippen LogP contribution in [-0.4, -0.2) is 38.7 Å². The highest BCUT2D eigenvalue weighted by atomic mass is 32.2. The van der Waals surface area contributed by atoms with E-state index < -0.39 is 15.8 Å². The third-order valence-corrected chi connectivity index (χ3v) is 6.51. The lowest BCUT2D eigenvalue weighted by Gasteiger charge is -2.29. The quantitative estimate of drug-likeness (QED) is 0.733. The van der Waals surface area contributed by atoms with E-state index in [1.165, 1.54) is 18.6 Å². The molecule has 0 aliphatic heterocycles. The first-order valence-corrected chi connectivity index (χ1v) is 10.7. The van der Waals surface area contributed by atoms with E-state index in [9.17, 15) is 18.0 Å². The largest absolute Gasteiger partial charge is 0.456 e. The summed E-state index contributed by atoms with van der Waals surface area (Å²) in [6.45, 7) is 3.60. The van der Waals surface area contributed by atoms with Crippen LogP contribution in [0, 0.1) is 12.8 Å². The number of nitrogens with one attached hydrogen (secondary N) is 1. The van der Waals surface area contributed by atoms with Gasteiger partial charge in [-0.15, -0.1) is 0 Å². The second-order valence-corrected chi connectivity index (χ2v) is 9.09. The number of hydrogen-bond acceptors (Lipinski definition) is 5. The molecule has 0 bridgehead atoms. The third-order valence-electron chi connectivity index (χ3n) is 4.78. The van der Waals surface area contributed by atoms with Crippen molar-refractivity contribution in [2.24, 2.45) is 5.92 Å². The second-order valence-electron chi connectivity index (χ2n) is 6.98. The monoisotopic (exact) mass is 381 g/mol. The molecule has 7 heteroatoms. The first-order chi connectivity index (χ1) is 12.3. The summed E-state index contributed by atoms with van der Waals surface area (Å²) in [6, 6.07) is 6.59. The van der Waals surface area contributed by atoms with E-state index in [-0.39, 0.29) is 35.6 Å². The Bertz CT molecular complexity index is 727. The minimum atomic E-state index is -3.54. The number of esters is 1. The van der Waals surface area contributed by atoms with E-state index in [0.29, 0.717) is 5.92 Å². The molecule has 6 nitrogen and oxygen atoms in total. The molecule has 26 heavy (non-hydrogen) atoms. The molecule has 2 atom stereocenters. The molecule has 1 aliphatic rings. The predicted octanol–water partition coefficient (Wildman–Crippen LogP) is 2.40. The Labute approximate surface area is 155 Å². The molecule has 0 aromatic heterocycles. The Morgan fingerprint density at radius 3 is 2.46 bits per heavy atom. The van der Waals surface area contributed by atoms with Gasteiger partial charge in [-0.1, -0.05) is 37.5 Å². The Balaban J connectivity index is 1.74. The molecule has 0 unspecified atom stereocenters. The van der Waals surface area contributed by atoms with Crippen LogP contribution in [0.4, 0.5) is 0 Å². The van der Waals surface area contributed by atoms with Crippen molar-refractivity contribution in [3.63, 3.8) is 0 Å². The highest BCUT2D eigenvalue weighted by Gasteiger charge is 2.23. The van der Waals surface area contributed by atoms with Gasteiger partial charge in [0.1, 0.15) is 0 Å². The number of carbonyl (C=O) groups excluding carboxylic acids is 2. The predicted molar refractivity (Wildman–Crippen MR) is 98.4 cm³/mol. The minimum Gasteiger partial charge on any atom is -0.456 e. The van der Waals surface area contributed by atoms with E-state index in [1.807, 2.05) is 6.92 Å². The minimum absolute atomic E-state index is 0.122. The van der Waals surface area contributed by atoms with Crippen molar-refractivity contribution in [1.29, 1.82) is 0 Å². The molecule has 1 aromatic carbocycles. The second kappa shape index (κ2) is 9.16. The van der Waals surface area contributed by atoms with Gasteiger partial charge in [0.05, 0.1) is 17.1 Å². The Kier molecular flexibility index (Phi) is 7.20. The Hall–Kier alpha value is -1.89. The first kappa shape index (κ1) is 20.4. The van der Waals surface area contributed by atoms with E-state index >= 15 is 0 Å². The van der Waals surface area contributed by atoms with Gasteiger partial charge in [0.2, 0.25) is 0 Å². The molecule has 1 fully saturated rings. The highest BCUT2D eigenvalue weighted by Crippen LogP contribution is 2.23. The third kappa shape index (κ3) is 6.12. The fourth-order valence-electron chi connectivity index (χ4n) is 3.08. The van der Waals surface area contributed by atoms with Gasteiger partial charge in [-0.2, -0.15) is 0 Å². The zero-order valence-electron chi connectivity index (χ0n) is 15.4. The normalized spacial score (nSPS) is 20.4. The fourth-order valence-corrected chi connectivity index (χ4v) is 4.30. The summed E-state index contributed by atoms with van der Waals surface area (Å²) in [7, 11) is -3.54. The average molecular weight is 381 g/mol. The molecule has 0 saturated heterocycles. The number of hydrogen-bond donors (Lipinski definition) is 1. The van der Waals surface area contributed by atoms with Crippen molar-refractivity contribution in [3.8, 4) is 0 Å². The van der Waals surface area contributed by atoms with Crippen molar-refractivity contribution in [3.05, 3.63) is 29.8 Å². The molecule has 2 rings (SSSR count). The Morgan fingerprint density at radius 1 is 1.15 bits per heavy atom. The molecular formula is C19H27NO5S. The molecule has 1 amide bonds. The molecule has 1 aliphatic carbocycles. The number of amides is 1. The lowest BCUT2D eigenvalue weighted by atomic mass is 9.86. The van der Waals surface area contributed by atoms with Gasteiger partial charge in [-0.25, -0.2) is 8.42 Å². The lowest BCUT2D eigenvalue weighted by molar-refractivity contribution is -0.148. The van der Waals surface area contributed by atoms with Gasteiger partial charge in [0.25, 0.3) is 5.91 Å². The molecule has 1 N–H and O–H groups in total. The van der Waals surface area contributed by atoms with Gasteiger partial charge in [-0.05, 0) is 37.8 Å². The fraction of sp³-hybridized carbons (Fsp3) is 0.579. The maximum Gasteiger partial charge on any atom is 0.307 e. The maximum absolute atomic E-state index is 12.2. The molecule has 0 radical (unpaired) electrons. The van der Waals surface area contributed by atoms with Crippen LogP contribution < -0.4 is 5.32 Å². The van der Waals surface area contributed by atoms with Crippen molar-refractivity contribution >= 4 is 21.7 Å². The number of aryl methyl sites for hydroxylation is 1. The number of rotatable bonds is 7. The van der Waals surface area contributed by atoms with Gasteiger partial charge < -0.3 is 10.1 Å². The number of ether oxygens (including phenoxy) is 1. The number of benzene rings is 1. The van der Waals surface area contributed by atoms with Crippen LogP contribution in [0.3, 0.4) is 0 Å². The van der Waals surface area contributed by atoms with Gasteiger partial charge in [0.15, 0.2) is 16.4 Å². The van der Waals surface area contributed by atoms with Crippen molar-refractivity contribution < 1.29 is 22.7 Å². The molecule has 144 valence electrons. The SMILES string of the molecule is Cc1ccc(S(=O)(=O)CCC(=O)OCC(=O)N[C@@H]2CCCC[C@H]2C)cc1. The van der Waals surface area contributed by atoms with E-state index in [4.69, 9.17) is 4.74 Å². The standard InChI is InChI=1S/C19H27NO5S/c1-14-7-9-16(10-8-14)26(23,24)12-11-19(22)25-13-18(21)20-17-6-4-3-5-15(17)2/h7-10,15,17H,3-6,11-13H2,1-2H3,(H,20,21)/t15-,17-/m1/s1. The number of sulfone groups is 1. The van der Waals surface area contributed by atoms with E-state index in [1.54, 1.807) is 12.1 Å². The van der Waals surface area contributed by atoms with Crippen LogP contribution in [-0.2, 0) is 24.2 Å². The molecule has 0 spiro atoms. The summed E-state index contributed by atoms with van der Waals surface area (Å²) >= 11 is 0. The molecule has 1 aromatic rings. The number of carbonyl (C=O) groups is 2. The summed E-state index contributed by atoms with van der Waals surface area (Å²) < 4.78 is 29.3. The maximum atomic E-state index is 12.2. The van der Waals surface area contributed by atoms with E-state index in [2.05, 4.69) is 12.2 Å². The summed E-state index contributed by atoms with van der Waals surface area (Å²) in [5.74, 6) is -0.940. The zero-order valence-corrected chi connectivity index (χ0v) is 16.2. The van der Waals surface area contributed by atoms with Crippen LogP contribution in [0.1, 0.15) is 44.6 Å². The first-order valence-electron chi connectivity index (χ1n) is 9.02. The summed E-state index contributed by atoms with van der Waals surface area (Å²) in [4.78, 5) is 23.9. The highest BCUT2D eigenvalue weighted by molar-refractivity contribution is 7.91. The van der Waals surface area contributed by atoms with Crippen LogP contribution >= 0.6 is 0 Å². The van der Waals surface area contributed by atoms with Crippen LogP contribution in [0.2, 0.25) is 0 Å². The smallest absolute Gasteiger partial charge is 0.307 e. The summed E-state index contributed by atoms with van der Waals surface area (Å²) in [5, 5.41) is 2.89. The zero-order chi connectivity index (χ0) is 19.2. The summed E-state index contributed by atoms with van der Waals surface area (Å²) in [5.41, 5.74) is 0.960. The van der Waals surface area contributed by atoms with Crippen LogP contribution in [0.25, 0.3) is 0 Å². The van der Waals surface area contributed by atoms with Crippen molar-refractivity contribution in [1.82, 2.24) is 5.32 Å². The van der Waals surface area contributed by atoms with Crippen molar-refractivity contribution in [2.75, 3.05) is 12.4 Å². The van der Waals surface area contributed by atoms with Crippen LogP contribution in [0.15, 0.2) is 29.2 Å². The van der Waals surface area contributed by atoms with Crippen LogP contribution in [0.5, 0.6) is 0 Å². The molecular weight excluding hydrogens is 354 g/mol. The van der Waals surface area contributed by atoms with Crippen molar-refractivity contribution in [2.45, 2.75) is 56.9 Å². The summed E-state index contributed by atoms with van der Waals surface area (Å²) in [6.07, 6.45) is 4.02. The molecule has 0 heterocycles. The average Bonchev–Trinajstić information content (AvgIpc) is 2.60. The van der Waals surface area contributed by atoms with Gasteiger partial charge >= 0.3 is 5.97 Å². The van der Waals surface area contributed by atoms with Gasteiger partial charge in [-0.3, -0.25) is 9.59 Å². The molecule has 1 saturated carbocycles.